The van der Waals surface area contributed by atoms with Crippen molar-refractivity contribution in [2.24, 2.45) is 0 Å². The van der Waals surface area contributed by atoms with Crippen LogP contribution in [0.5, 0.6) is 0 Å². The van der Waals surface area contributed by atoms with E-state index in [0.717, 1.165) is 14.8 Å². The predicted octanol–water partition coefficient (Wildman–Crippen LogP) is 3.81. The number of anilines is 1. The molecule has 2 aromatic carbocycles. The average Bonchev–Trinajstić information content (AvgIpc) is 2.59. The Morgan fingerprint density at radius 1 is 1.08 bits per heavy atom. The largest absolute Gasteiger partial charge is 0.480 e. The Morgan fingerprint density at radius 2 is 1.64 bits per heavy atom. The molecular formula is C18H21NO4S2. The second-order valence-electron chi connectivity index (χ2n) is 5.83. The first kappa shape index (κ1) is 19.3. The minimum atomic E-state index is -3.96. The van der Waals surface area contributed by atoms with Crippen LogP contribution in [-0.4, -0.2) is 32.3 Å². The van der Waals surface area contributed by atoms with Crippen molar-refractivity contribution in [2.45, 2.75) is 29.6 Å². The summed E-state index contributed by atoms with van der Waals surface area (Å²) in [7, 11) is -3.96. The van der Waals surface area contributed by atoms with E-state index in [0.29, 0.717) is 11.6 Å². The fourth-order valence-corrected chi connectivity index (χ4v) is 4.16. The van der Waals surface area contributed by atoms with Crippen molar-refractivity contribution >= 4 is 33.4 Å². The number of benzene rings is 2. The van der Waals surface area contributed by atoms with Crippen molar-refractivity contribution in [2.75, 3.05) is 17.1 Å². The molecule has 0 radical (unpaired) electrons. The van der Waals surface area contributed by atoms with Crippen LogP contribution >= 0.6 is 11.8 Å². The molecule has 0 bridgehead atoms. The average molecular weight is 380 g/mol. The lowest BCUT2D eigenvalue weighted by Gasteiger charge is -2.23. The van der Waals surface area contributed by atoms with Crippen molar-refractivity contribution in [1.29, 1.82) is 0 Å². The highest BCUT2D eigenvalue weighted by molar-refractivity contribution is 7.98. The SMILES string of the molecule is CSc1ccc(S(=O)(=O)N(CC(=O)O)c2ccc(C(C)C)cc2)cc1. The van der Waals surface area contributed by atoms with Gasteiger partial charge in [0.1, 0.15) is 6.54 Å². The molecule has 0 aromatic heterocycles. The number of sulfonamides is 1. The molecule has 25 heavy (non-hydrogen) atoms. The highest BCUT2D eigenvalue weighted by atomic mass is 32.2. The summed E-state index contributed by atoms with van der Waals surface area (Å²) in [6.45, 7) is 3.44. The molecule has 0 aliphatic heterocycles. The van der Waals surface area contributed by atoms with Crippen LogP contribution in [0.3, 0.4) is 0 Å². The van der Waals surface area contributed by atoms with Gasteiger partial charge >= 0.3 is 5.97 Å². The summed E-state index contributed by atoms with van der Waals surface area (Å²) in [5, 5.41) is 9.17. The Bertz CT molecular complexity index is 828. The molecule has 0 saturated carbocycles. The molecular weight excluding hydrogens is 358 g/mol. The van der Waals surface area contributed by atoms with Crippen molar-refractivity contribution < 1.29 is 18.3 Å². The van der Waals surface area contributed by atoms with Gasteiger partial charge in [0.2, 0.25) is 0 Å². The molecule has 5 nitrogen and oxygen atoms in total. The summed E-state index contributed by atoms with van der Waals surface area (Å²) in [5.74, 6) is -0.907. The van der Waals surface area contributed by atoms with E-state index in [2.05, 4.69) is 0 Å². The molecule has 2 aromatic rings. The summed E-state index contributed by atoms with van der Waals surface area (Å²) < 4.78 is 26.8. The smallest absolute Gasteiger partial charge is 0.324 e. The fourth-order valence-electron chi connectivity index (χ4n) is 2.34. The molecule has 0 fully saturated rings. The van der Waals surface area contributed by atoms with Gasteiger partial charge in [-0.2, -0.15) is 0 Å². The fraction of sp³-hybridized carbons (Fsp3) is 0.278. The lowest BCUT2D eigenvalue weighted by molar-refractivity contribution is -0.135. The number of carboxylic acid groups (broad SMARTS) is 1. The van der Waals surface area contributed by atoms with Crippen LogP contribution in [0, 0.1) is 0 Å². The van der Waals surface area contributed by atoms with Crippen molar-refractivity contribution in [3.63, 3.8) is 0 Å². The molecule has 0 aliphatic rings. The van der Waals surface area contributed by atoms with Crippen LogP contribution in [0.2, 0.25) is 0 Å². The monoisotopic (exact) mass is 379 g/mol. The standard InChI is InChI=1S/C18H21NO4S2/c1-13(2)14-4-6-15(7-5-14)19(12-18(20)21)25(22,23)17-10-8-16(24-3)9-11-17/h4-11,13H,12H2,1-3H3,(H,20,21). The number of thioether (sulfide) groups is 1. The number of rotatable bonds is 7. The molecule has 134 valence electrons. The summed E-state index contributed by atoms with van der Waals surface area (Å²) in [6, 6.07) is 13.3. The lowest BCUT2D eigenvalue weighted by Crippen LogP contribution is -2.35. The quantitative estimate of drug-likeness (QED) is 0.741. The van der Waals surface area contributed by atoms with Gasteiger partial charge in [0.15, 0.2) is 0 Å². The zero-order valence-electron chi connectivity index (χ0n) is 14.3. The van der Waals surface area contributed by atoms with Gasteiger partial charge in [-0.15, -0.1) is 11.8 Å². The van der Waals surface area contributed by atoms with Gasteiger partial charge in [0, 0.05) is 4.90 Å². The maximum Gasteiger partial charge on any atom is 0.324 e. The molecule has 0 unspecified atom stereocenters. The van der Waals surface area contributed by atoms with E-state index in [9.17, 15) is 18.3 Å². The molecule has 0 amide bonds. The summed E-state index contributed by atoms with van der Waals surface area (Å²) in [4.78, 5) is 12.2. The first-order chi connectivity index (χ1) is 11.8. The zero-order chi connectivity index (χ0) is 18.6. The van der Waals surface area contributed by atoms with Crippen LogP contribution in [0.1, 0.15) is 25.3 Å². The number of nitrogens with zero attached hydrogens (tertiary/aromatic N) is 1. The van der Waals surface area contributed by atoms with Crippen molar-refractivity contribution in [3.05, 3.63) is 54.1 Å². The number of hydrogen-bond acceptors (Lipinski definition) is 4. The maximum atomic E-state index is 12.9. The number of hydrogen-bond donors (Lipinski definition) is 1. The van der Waals surface area contributed by atoms with Crippen LogP contribution in [0.15, 0.2) is 58.3 Å². The Hall–Kier alpha value is -1.99. The van der Waals surface area contributed by atoms with E-state index in [4.69, 9.17) is 0 Å². The van der Waals surface area contributed by atoms with Crippen molar-refractivity contribution in [1.82, 2.24) is 0 Å². The first-order valence-corrected chi connectivity index (χ1v) is 10.4. The van der Waals surface area contributed by atoms with E-state index in [1.807, 2.05) is 32.2 Å². The molecule has 0 saturated heterocycles. The van der Waals surface area contributed by atoms with Crippen LogP contribution in [0.25, 0.3) is 0 Å². The van der Waals surface area contributed by atoms with E-state index < -0.39 is 22.5 Å². The van der Waals surface area contributed by atoms with E-state index in [-0.39, 0.29) is 4.90 Å². The Balaban J connectivity index is 2.45. The van der Waals surface area contributed by atoms with Gasteiger partial charge in [0.05, 0.1) is 10.6 Å². The van der Waals surface area contributed by atoms with E-state index in [1.54, 1.807) is 24.3 Å². The second-order valence-corrected chi connectivity index (χ2v) is 8.57. The minimum Gasteiger partial charge on any atom is -0.480 e. The topological polar surface area (TPSA) is 74.7 Å². The molecule has 2 rings (SSSR count). The molecule has 0 atom stereocenters. The van der Waals surface area contributed by atoms with Crippen molar-refractivity contribution in [3.8, 4) is 0 Å². The highest BCUT2D eigenvalue weighted by Gasteiger charge is 2.27. The van der Waals surface area contributed by atoms with Crippen LogP contribution in [-0.2, 0) is 14.8 Å². The first-order valence-electron chi connectivity index (χ1n) is 7.74. The van der Waals surface area contributed by atoms with Gasteiger partial charge in [-0.1, -0.05) is 26.0 Å². The summed E-state index contributed by atoms with van der Waals surface area (Å²) in [5.41, 5.74) is 1.39. The summed E-state index contributed by atoms with van der Waals surface area (Å²) >= 11 is 1.51. The minimum absolute atomic E-state index is 0.0690. The predicted molar refractivity (Wildman–Crippen MR) is 101 cm³/mol. The van der Waals surface area contributed by atoms with Crippen LogP contribution < -0.4 is 4.31 Å². The highest BCUT2D eigenvalue weighted by Crippen LogP contribution is 2.27. The Labute approximate surface area is 152 Å². The van der Waals surface area contributed by atoms with Gasteiger partial charge in [0.25, 0.3) is 10.0 Å². The lowest BCUT2D eigenvalue weighted by atomic mass is 10.0. The van der Waals surface area contributed by atoms with Crippen LogP contribution in [0.4, 0.5) is 5.69 Å². The maximum absolute atomic E-state index is 12.9. The third kappa shape index (κ3) is 4.55. The van der Waals surface area contributed by atoms with E-state index in [1.165, 1.54) is 23.9 Å². The molecule has 1 N–H and O–H groups in total. The number of carboxylic acids is 1. The van der Waals surface area contributed by atoms with Gasteiger partial charge in [-0.3, -0.25) is 9.10 Å². The zero-order valence-corrected chi connectivity index (χ0v) is 16.0. The Kier molecular flexibility index (Phi) is 6.13. The second kappa shape index (κ2) is 7.93. The summed E-state index contributed by atoms with van der Waals surface area (Å²) in [6.07, 6.45) is 1.90. The number of carbonyl (C=O) groups is 1. The molecule has 0 spiro atoms. The van der Waals surface area contributed by atoms with Gasteiger partial charge < -0.3 is 5.11 Å². The number of aliphatic carboxylic acids is 1. The molecule has 7 heteroatoms. The third-order valence-corrected chi connectivity index (χ3v) is 6.31. The Morgan fingerprint density at radius 3 is 2.08 bits per heavy atom. The molecule has 0 aliphatic carbocycles. The van der Waals surface area contributed by atoms with Gasteiger partial charge in [-0.05, 0) is 54.1 Å². The normalized spacial score (nSPS) is 11.5. The van der Waals surface area contributed by atoms with E-state index >= 15 is 0 Å². The van der Waals surface area contributed by atoms with Gasteiger partial charge in [-0.25, -0.2) is 8.42 Å². The molecule has 0 heterocycles. The third-order valence-electron chi connectivity index (χ3n) is 3.77.